The van der Waals surface area contributed by atoms with Gasteiger partial charge in [0, 0.05) is 18.8 Å². The second kappa shape index (κ2) is 4.89. The Morgan fingerprint density at radius 3 is 2.67 bits per heavy atom. The van der Waals surface area contributed by atoms with Crippen molar-refractivity contribution in [3.63, 3.8) is 0 Å². The predicted octanol–water partition coefficient (Wildman–Crippen LogP) is 3.45. The zero-order chi connectivity index (χ0) is 13.2. The highest BCUT2D eigenvalue weighted by atomic mass is 19.4. The molecule has 1 heterocycles. The molecule has 18 heavy (non-hydrogen) atoms. The average Bonchev–Trinajstić information content (AvgIpc) is 2.38. The molecule has 2 rings (SSSR count). The van der Waals surface area contributed by atoms with Crippen molar-refractivity contribution >= 4 is 5.69 Å². The van der Waals surface area contributed by atoms with Gasteiger partial charge in [-0.15, -0.1) is 0 Å². The largest absolute Gasteiger partial charge is 0.418 e. The van der Waals surface area contributed by atoms with Crippen LogP contribution < -0.4 is 4.90 Å². The van der Waals surface area contributed by atoms with Crippen LogP contribution in [0.4, 0.5) is 18.9 Å². The summed E-state index contributed by atoms with van der Waals surface area (Å²) in [5.74, 6) is -0.181. The fourth-order valence-electron chi connectivity index (χ4n) is 2.29. The van der Waals surface area contributed by atoms with E-state index in [0.717, 1.165) is 18.9 Å². The number of para-hydroxylation sites is 1. The van der Waals surface area contributed by atoms with E-state index in [2.05, 4.69) is 6.07 Å². The molecular weight excluding hydrogens is 241 g/mol. The van der Waals surface area contributed by atoms with Gasteiger partial charge in [0.05, 0.1) is 17.6 Å². The number of piperidine rings is 1. The summed E-state index contributed by atoms with van der Waals surface area (Å²) in [5.41, 5.74) is -0.437. The van der Waals surface area contributed by atoms with Crippen LogP contribution in [-0.2, 0) is 6.18 Å². The highest BCUT2D eigenvalue weighted by molar-refractivity contribution is 5.55. The van der Waals surface area contributed by atoms with E-state index in [9.17, 15) is 13.2 Å². The maximum absolute atomic E-state index is 12.9. The molecule has 0 bridgehead atoms. The molecule has 96 valence electrons. The highest BCUT2D eigenvalue weighted by Crippen LogP contribution is 2.37. The topological polar surface area (TPSA) is 27.0 Å². The fourth-order valence-corrected chi connectivity index (χ4v) is 2.29. The number of anilines is 1. The number of nitrogens with zero attached hydrogens (tertiary/aromatic N) is 2. The Balaban J connectivity index is 2.31. The molecule has 1 aromatic rings. The molecule has 1 saturated heterocycles. The lowest BCUT2D eigenvalue weighted by Gasteiger charge is -2.33. The Kier molecular flexibility index (Phi) is 3.46. The first-order valence-corrected chi connectivity index (χ1v) is 5.83. The second-order valence-corrected chi connectivity index (χ2v) is 4.43. The monoisotopic (exact) mass is 254 g/mol. The number of rotatable bonds is 1. The fraction of sp³-hybridized carbons (Fsp3) is 0.462. The molecule has 1 atom stereocenters. The first-order valence-electron chi connectivity index (χ1n) is 5.83. The van der Waals surface area contributed by atoms with Crippen LogP contribution in [0, 0.1) is 17.2 Å². The first kappa shape index (κ1) is 12.7. The zero-order valence-corrected chi connectivity index (χ0v) is 9.74. The lowest BCUT2D eigenvalue weighted by atomic mass is 9.98. The van der Waals surface area contributed by atoms with Crippen molar-refractivity contribution in [2.75, 3.05) is 18.0 Å². The average molecular weight is 254 g/mol. The van der Waals surface area contributed by atoms with E-state index in [0.29, 0.717) is 13.1 Å². The Morgan fingerprint density at radius 2 is 2.00 bits per heavy atom. The summed E-state index contributed by atoms with van der Waals surface area (Å²) < 4.78 is 38.7. The Morgan fingerprint density at radius 1 is 1.28 bits per heavy atom. The van der Waals surface area contributed by atoms with E-state index < -0.39 is 11.7 Å². The van der Waals surface area contributed by atoms with Crippen LogP contribution in [0.15, 0.2) is 24.3 Å². The van der Waals surface area contributed by atoms with Crippen LogP contribution in [0.3, 0.4) is 0 Å². The Hall–Kier alpha value is -1.70. The Bertz CT molecular complexity index is 462. The summed E-state index contributed by atoms with van der Waals surface area (Å²) in [6, 6.07) is 7.69. The van der Waals surface area contributed by atoms with Gasteiger partial charge in [-0.3, -0.25) is 0 Å². The van der Waals surface area contributed by atoms with Gasteiger partial charge in [-0.2, -0.15) is 18.4 Å². The van der Waals surface area contributed by atoms with Crippen molar-refractivity contribution in [3.8, 4) is 6.07 Å². The second-order valence-electron chi connectivity index (χ2n) is 4.43. The molecule has 0 aromatic heterocycles. The van der Waals surface area contributed by atoms with Gasteiger partial charge in [-0.1, -0.05) is 12.1 Å². The van der Waals surface area contributed by atoms with Crippen molar-refractivity contribution in [3.05, 3.63) is 29.8 Å². The number of hydrogen-bond donors (Lipinski definition) is 0. The van der Waals surface area contributed by atoms with E-state index >= 15 is 0 Å². The van der Waals surface area contributed by atoms with Crippen LogP contribution in [-0.4, -0.2) is 13.1 Å². The maximum Gasteiger partial charge on any atom is 0.418 e. The van der Waals surface area contributed by atoms with Gasteiger partial charge in [0.25, 0.3) is 0 Å². The van der Waals surface area contributed by atoms with Gasteiger partial charge in [-0.25, -0.2) is 0 Å². The smallest absolute Gasteiger partial charge is 0.370 e. The predicted molar refractivity (Wildman–Crippen MR) is 62.0 cm³/mol. The third kappa shape index (κ3) is 2.58. The first-order chi connectivity index (χ1) is 8.52. The summed E-state index contributed by atoms with van der Waals surface area (Å²) in [6.45, 7) is 0.953. The number of nitriles is 1. The van der Waals surface area contributed by atoms with E-state index in [1.807, 2.05) is 0 Å². The molecule has 1 fully saturated rings. The lowest BCUT2D eigenvalue weighted by Crippen LogP contribution is -2.36. The van der Waals surface area contributed by atoms with E-state index in [1.165, 1.54) is 12.1 Å². The third-order valence-electron chi connectivity index (χ3n) is 3.15. The van der Waals surface area contributed by atoms with Crippen LogP contribution in [0.25, 0.3) is 0 Å². The summed E-state index contributed by atoms with van der Waals surface area (Å²) >= 11 is 0. The van der Waals surface area contributed by atoms with Gasteiger partial charge < -0.3 is 4.90 Å². The molecule has 0 spiro atoms. The molecule has 1 aliphatic heterocycles. The standard InChI is InChI=1S/C13H13F3N2/c14-13(15,16)11-5-1-2-6-12(11)18-7-3-4-10(8-17)9-18/h1-2,5-6,10H,3-4,7,9H2. The maximum atomic E-state index is 12.9. The van der Waals surface area contributed by atoms with Gasteiger partial charge >= 0.3 is 6.18 Å². The van der Waals surface area contributed by atoms with E-state index in [-0.39, 0.29) is 11.6 Å². The molecule has 2 nitrogen and oxygen atoms in total. The SMILES string of the molecule is N#CC1CCCN(c2ccccc2C(F)(F)F)C1. The molecule has 0 saturated carbocycles. The summed E-state index contributed by atoms with van der Waals surface area (Å²) in [7, 11) is 0. The molecule has 1 aliphatic rings. The minimum atomic E-state index is -4.35. The van der Waals surface area contributed by atoms with Gasteiger partial charge in [0.15, 0.2) is 0 Å². The van der Waals surface area contributed by atoms with Crippen molar-refractivity contribution in [2.45, 2.75) is 19.0 Å². The summed E-state index contributed by atoms with van der Waals surface area (Å²) in [6.07, 6.45) is -2.83. The molecular formula is C13H13F3N2. The molecule has 5 heteroatoms. The Labute approximate surface area is 104 Å². The van der Waals surface area contributed by atoms with Gasteiger partial charge in [0.1, 0.15) is 0 Å². The van der Waals surface area contributed by atoms with Crippen LogP contribution >= 0.6 is 0 Å². The van der Waals surface area contributed by atoms with Crippen LogP contribution in [0.2, 0.25) is 0 Å². The molecule has 0 radical (unpaired) electrons. The van der Waals surface area contributed by atoms with Crippen molar-refractivity contribution in [1.29, 1.82) is 5.26 Å². The number of hydrogen-bond acceptors (Lipinski definition) is 2. The molecule has 0 amide bonds. The molecule has 1 aromatic carbocycles. The highest BCUT2D eigenvalue weighted by Gasteiger charge is 2.35. The summed E-state index contributed by atoms with van der Waals surface area (Å²) in [4.78, 5) is 1.67. The number of halogens is 3. The normalized spacial score (nSPS) is 20.6. The van der Waals surface area contributed by atoms with Crippen LogP contribution in [0.1, 0.15) is 18.4 Å². The van der Waals surface area contributed by atoms with Gasteiger partial charge in [0.2, 0.25) is 0 Å². The van der Waals surface area contributed by atoms with Gasteiger partial charge in [-0.05, 0) is 25.0 Å². The van der Waals surface area contributed by atoms with Crippen molar-refractivity contribution in [2.24, 2.45) is 5.92 Å². The van der Waals surface area contributed by atoms with E-state index in [4.69, 9.17) is 5.26 Å². The van der Waals surface area contributed by atoms with E-state index in [1.54, 1.807) is 11.0 Å². The minimum absolute atomic E-state index is 0.181. The third-order valence-corrected chi connectivity index (χ3v) is 3.15. The molecule has 1 unspecified atom stereocenters. The van der Waals surface area contributed by atoms with Crippen LogP contribution in [0.5, 0.6) is 0 Å². The minimum Gasteiger partial charge on any atom is -0.370 e. The lowest BCUT2D eigenvalue weighted by molar-refractivity contribution is -0.137. The molecule has 0 aliphatic carbocycles. The molecule has 0 N–H and O–H groups in total. The quantitative estimate of drug-likeness (QED) is 0.767. The number of alkyl halides is 3. The van der Waals surface area contributed by atoms with Crippen molar-refractivity contribution in [1.82, 2.24) is 0 Å². The zero-order valence-electron chi connectivity index (χ0n) is 9.74. The number of benzene rings is 1. The summed E-state index contributed by atoms with van der Waals surface area (Å²) in [5, 5.41) is 8.89. The van der Waals surface area contributed by atoms with Crippen molar-refractivity contribution < 1.29 is 13.2 Å².